The second-order valence-electron chi connectivity index (χ2n) is 4.11. The van der Waals surface area contributed by atoms with E-state index >= 15 is 0 Å². The molecule has 0 radical (unpaired) electrons. The first-order chi connectivity index (χ1) is 8.12. The third kappa shape index (κ3) is 3.44. The molecule has 0 fully saturated rings. The first kappa shape index (κ1) is 13.5. The van der Waals surface area contributed by atoms with Crippen LogP contribution in [0.25, 0.3) is 0 Å². The van der Waals surface area contributed by atoms with Gasteiger partial charge in [0.15, 0.2) is 0 Å². The van der Waals surface area contributed by atoms with Crippen LogP contribution in [0, 0.1) is 6.92 Å². The monoisotopic (exact) mass is 235 g/mol. The molecule has 2 N–H and O–H groups in total. The highest BCUT2D eigenvalue weighted by Crippen LogP contribution is 2.15. The van der Waals surface area contributed by atoms with E-state index < -0.39 is 0 Å². The molecule has 0 aliphatic rings. The number of pyridine rings is 1. The van der Waals surface area contributed by atoms with E-state index in [0.29, 0.717) is 5.56 Å². The highest BCUT2D eigenvalue weighted by molar-refractivity contribution is 5.99. The van der Waals surface area contributed by atoms with Gasteiger partial charge in [-0.1, -0.05) is 13.8 Å². The van der Waals surface area contributed by atoms with Gasteiger partial charge in [-0.2, -0.15) is 0 Å². The Labute approximate surface area is 103 Å². The van der Waals surface area contributed by atoms with Crippen LogP contribution in [0.1, 0.15) is 42.7 Å². The van der Waals surface area contributed by atoms with Crippen molar-refractivity contribution in [2.24, 2.45) is 0 Å². The van der Waals surface area contributed by atoms with E-state index in [9.17, 15) is 4.79 Å². The van der Waals surface area contributed by atoms with Crippen molar-refractivity contribution in [3.05, 3.63) is 23.5 Å². The Morgan fingerprint density at radius 2 is 2.06 bits per heavy atom. The number of nitrogens with one attached hydrogen (secondary N) is 2. The summed E-state index contributed by atoms with van der Waals surface area (Å²) in [5.41, 5.74) is 2.32. The summed E-state index contributed by atoms with van der Waals surface area (Å²) in [5, 5.41) is 6.03. The molecule has 1 rings (SSSR count). The van der Waals surface area contributed by atoms with Gasteiger partial charge in [-0.15, -0.1) is 0 Å². The van der Waals surface area contributed by atoms with Gasteiger partial charge in [0, 0.05) is 25.0 Å². The number of aromatic nitrogens is 1. The number of amides is 1. The molecule has 0 saturated heterocycles. The lowest BCUT2D eigenvalue weighted by molar-refractivity contribution is 0.0935. The molecule has 1 aromatic rings. The first-order valence-electron chi connectivity index (χ1n) is 6.07. The summed E-state index contributed by atoms with van der Waals surface area (Å²) in [7, 11) is 1.81. The van der Waals surface area contributed by atoms with E-state index in [0.717, 1.165) is 24.2 Å². The average Bonchev–Trinajstić information content (AvgIpc) is 2.35. The molecule has 0 atom stereocenters. The summed E-state index contributed by atoms with van der Waals surface area (Å²) in [6.07, 6.45) is 3.51. The zero-order valence-electron chi connectivity index (χ0n) is 11.0. The standard InChI is InChI=1S/C13H21N3O/c1-5-10(6-2)16-13(17)11-8-15-9(3)7-12(11)14-4/h7-8,10H,5-6H2,1-4H3,(H,14,15)(H,16,17). The van der Waals surface area contributed by atoms with Gasteiger partial charge < -0.3 is 10.6 Å². The first-order valence-corrected chi connectivity index (χ1v) is 6.07. The van der Waals surface area contributed by atoms with Gasteiger partial charge in [0.05, 0.1) is 11.3 Å². The maximum absolute atomic E-state index is 12.1. The number of carbonyl (C=O) groups is 1. The summed E-state index contributed by atoms with van der Waals surface area (Å²) >= 11 is 0. The van der Waals surface area contributed by atoms with Crippen molar-refractivity contribution in [3.8, 4) is 0 Å². The van der Waals surface area contributed by atoms with E-state index in [1.165, 1.54) is 0 Å². The van der Waals surface area contributed by atoms with Crippen molar-refractivity contribution in [2.75, 3.05) is 12.4 Å². The second kappa shape index (κ2) is 6.23. The molecule has 0 bridgehead atoms. The maximum atomic E-state index is 12.1. The number of anilines is 1. The summed E-state index contributed by atoms with van der Waals surface area (Å²) in [6.45, 7) is 6.05. The van der Waals surface area contributed by atoms with Crippen LogP contribution in [-0.2, 0) is 0 Å². The molecule has 0 spiro atoms. The van der Waals surface area contributed by atoms with Crippen molar-refractivity contribution in [1.29, 1.82) is 0 Å². The van der Waals surface area contributed by atoms with Gasteiger partial charge in [0.25, 0.3) is 5.91 Å². The minimum atomic E-state index is -0.0597. The molecule has 0 aliphatic heterocycles. The van der Waals surface area contributed by atoms with Crippen molar-refractivity contribution >= 4 is 11.6 Å². The number of hydrogen-bond donors (Lipinski definition) is 2. The van der Waals surface area contributed by atoms with Crippen LogP contribution in [0.3, 0.4) is 0 Å². The van der Waals surface area contributed by atoms with Crippen molar-refractivity contribution in [3.63, 3.8) is 0 Å². The van der Waals surface area contributed by atoms with Crippen LogP contribution in [0.4, 0.5) is 5.69 Å². The van der Waals surface area contributed by atoms with Gasteiger partial charge in [-0.25, -0.2) is 0 Å². The lowest BCUT2D eigenvalue weighted by Gasteiger charge is -2.16. The van der Waals surface area contributed by atoms with Gasteiger partial charge in [-0.3, -0.25) is 9.78 Å². The van der Waals surface area contributed by atoms with E-state index in [1.807, 2.05) is 20.0 Å². The van der Waals surface area contributed by atoms with Crippen LogP contribution < -0.4 is 10.6 Å². The van der Waals surface area contributed by atoms with Crippen LogP contribution in [0.2, 0.25) is 0 Å². The molecule has 94 valence electrons. The highest BCUT2D eigenvalue weighted by atomic mass is 16.1. The fraction of sp³-hybridized carbons (Fsp3) is 0.538. The normalized spacial score (nSPS) is 10.4. The van der Waals surface area contributed by atoms with Crippen molar-refractivity contribution in [1.82, 2.24) is 10.3 Å². The summed E-state index contributed by atoms with van der Waals surface area (Å²) in [4.78, 5) is 16.2. The number of rotatable bonds is 5. The predicted molar refractivity (Wildman–Crippen MR) is 70.4 cm³/mol. The molecule has 0 aliphatic carbocycles. The fourth-order valence-electron chi connectivity index (χ4n) is 1.70. The zero-order valence-corrected chi connectivity index (χ0v) is 11.0. The average molecular weight is 235 g/mol. The van der Waals surface area contributed by atoms with Gasteiger partial charge in [0.2, 0.25) is 0 Å². The Bertz CT molecular complexity index is 386. The van der Waals surface area contributed by atoms with E-state index in [1.54, 1.807) is 6.20 Å². The summed E-state index contributed by atoms with van der Waals surface area (Å²) in [6, 6.07) is 2.11. The van der Waals surface area contributed by atoms with Gasteiger partial charge in [0.1, 0.15) is 0 Å². The van der Waals surface area contributed by atoms with Crippen LogP contribution in [0.5, 0.6) is 0 Å². The molecule has 0 unspecified atom stereocenters. The molecule has 0 aromatic carbocycles. The Morgan fingerprint density at radius 3 is 2.59 bits per heavy atom. The van der Waals surface area contributed by atoms with Gasteiger partial charge >= 0.3 is 0 Å². The number of carbonyl (C=O) groups excluding carboxylic acids is 1. The maximum Gasteiger partial charge on any atom is 0.255 e. The molecule has 1 heterocycles. The van der Waals surface area contributed by atoms with E-state index in [4.69, 9.17) is 0 Å². The molecule has 1 aromatic heterocycles. The molecule has 0 saturated carbocycles. The Kier molecular flexibility index (Phi) is 4.94. The molecule has 1 amide bonds. The van der Waals surface area contributed by atoms with Crippen molar-refractivity contribution in [2.45, 2.75) is 39.7 Å². The van der Waals surface area contributed by atoms with E-state index in [2.05, 4.69) is 29.5 Å². The zero-order chi connectivity index (χ0) is 12.8. The molecular weight excluding hydrogens is 214 g/mol. The Hall–Kier alpha value is -1.58. The Morgan fingerprint density at radius 1 is 1.41 bits per heavy atom. The van der Waals surface area contributed by atoms with Crippen LogP contribution in [-0.4, -0.2) is 24.0 Å². The third-order valence-corrected chi connectivity index (χ3v) is 2.88. The second-order valence-corrected chi connectivity index (χ2v) is 4.11. The fourth-order valence-corrected chi connectivity index (χ4v) is 1.70. The van der Waals surface area contributed by atoms with Gasteiger partial charge in [-0.05, 0) is 25.8 Å². The number of hydrogen-bond acceptors (Lipinski definition) is 3. The molecule has 4 heteroatoms. The largest absolute Gasteiger partial charge is 0.387 e. The SMILES string of the molecule is CCC(CC)NC(=O)c1cnc(C)cc1NC. The van der Waals surface area contributed by atoms with E-state index in [-0.39, 0.29) is 11.9 Å². The van der Waals surface area contributed by atoms with Crippen LogP contribution >= 0.6 is 0 Å². The minimum Gasteiger partial charge on any atom is -0.387 e. The Balaban J connectivity index is 2.88. The lowest BCUT2D eigenvalue weighted by Crippen LogP contribution is -2.34. The number of nitrogens with zero attached hydrogens (tertiary/aromatic N) is 1. The highest BCUT2D eigenvalue weighted by Gasteiger charge is 2.14. The topological polar surface area (TPSA) is 54.0 Å². The van der Waals surface area contributed by atoms with Crippen LogP contribution in [0.15, 0.2) is 12.3 Å². The number of aryl methyl sites for hydroxylation is 1. The minimum absolute atomic E-state index is 0.0597. The smallest absolute Gasteiger partial charge is 0.255 e. The van der Waals surface area contributed by atoms with Crippen molar-refractivity contribution < 1.29 is 4.79 Å². The lowest BCUT2D eigenvalue weighted by atomic mass is 10.1. The molecule has 4 nitrogen and oxygen atoms in total. The third-order valence-electron chi connectivity index (χ3n) is 2.88. The predicted octanol–water partition coefficient (Wildman–Crippen LogP) is 2.35. The quantitative estimate of drug-likeness (QED) is 0.823. The molecule has 17 heavy (non-hydrogen) atoms. The summed E-state index contributed by atoms with van der Waals surface area (Å²) in [5.74, 6) is -0.0597. The molecular formula is C13H21N3O. The summed E-state index contributed by atoms with van der Waals surface area (Å²) < 4.78 is 0.